The van der Waals surface area contributed by atoms with Gasteiger partial charge in [0.25, 0.3) is 0 Å². The number of allylic oxidation sites excluding steroid dienone is 1. The minimum absolute atomic E-state index is 0.0816. The Bertz CT molecular complexity index is 1430. The van der Waals surface area contributed by atoms with Gasteiger partial charge >= 0.3 is 5.97 Å². The molecule has 1 aromatic rings. The summed E-state index contributed by atoms with van der Waals surface area (Å²) in [6, 6.07) is 6.80. The van der Waals surface area contributed by atoms with Crippen molar-refractivity contribution in [3.05, 3.63) is 58.6 Å². The third-order valence-electron chi connectivity index (χ3n) is 9.83. The van der Waals surface area contributed by atoms with Gasteiger partial charge in [-0.05, 0) is 50.2 Å². The van der Waals surface area contributed by atoms with Crippen molar-refractivity contribution in [1.82, 2.24) is 15.1 Å². The van der Waals surface area contributed by atoms with Gasteiger partial charge in [-0.3, -0.25) is 19.2 Å². The molecule has 3 amide bonds. The van der Waals surface area contributed by atoms with E-state index in [1.807, 2.05) is 63.3 Å². The fraction of sp³-hybridized carbons (Fsp3) is 0.611. The van der Waals surface area contributed by atoms with Crippen LogP contribution in [0.1, 0.15) is 78.8 Å². The van der Waals surface area contributed by atoms with Gasteiger partial charge in [0.2, 0.25) is 17.7 Å². The molecule has 0 unspecified atom stereocenters. The molecule has 2 fully saturated rings. The lowest BCUT2D eigenvalue weighted by atomic mass is 9.73. The first-order valence-electron chi connectivity index (χ1n) is 16.6. The second kappa shape index (κ2) is 13.5. The molecular weight excluding hydrogens is 666 g/mol. The largest absolute Gasteiger partial charge is 0.463 e. The summed E-state index contributed by atoms with van der Waals surface area (Å²) in [4.78, 5) is 60.1. The molecule has 1 aromatic carbocycles. The van der Waals surface area contributed by atoms with Gasteiger partial charge in [0.05, 0.1) is 30.5 Å². The number of ether oxygens (including phenoxy) is 2. The second-order valence-corrected chi connectivity index (χ2v) is 15.9. The van der Waals surface area contributed by atoms with E-state index >= 15 is 4.79 Å². The number of carbonyl (C=O) groups is 4. The van der Waals surface area contributed by atoms with Crippen LogP contribution in [0.5, 0.6) is 0 Å². The summed E-state index contributed by atoms with van der Waals surface area (Å²) in [7, 11) is 0. The number of amides is 3. The first-order chi connectivity index (χ1) is 22.1. The molecule has 2 N–H and O–H groups in total. The van der Waals surface area contributed by atoms with Gasteiger partial charge < -0.3 is 29.7 Å². The van der Waals surface area contributed by atoms with Crippen LogP contribution in [0.4, 0.5) is 0 Å². The maximum Gasteiger partial charge on any atom is 0.306 e. The van der Waals surface area contributed by atoms with Crippen LogP contribution in [0, 0.1) is 17.3 Å². The Morgan fingerprint density at radius 2 is 1.77 bits per heavy atom. The van der Waals surface area contributed by atoms with E-state index in [0.29, 0.717) is 23.7 Å². The maximum atomic E-state index is 15.1. The molecule has 47 heavy (non-hydrogen) atoms. The SMILES string of the molecule is CC[C@@H](CO)N1C(=O)[C@@H]2[C@H]3C(=O)N[C@@H](c4ccccc4)COC(=O)CC/C=C\CN(C(C)(C)CC(C)(C)C)C(=O)[C@@H]1[C@]21C=C(Br)[C@H]3O1. The number of esters is 1. The molecule has 0 aliphatic carbocycles. The van der Waals surface area contributed by atoms with Crippen LogP contribution in [0.25, 0.3) is 0 Å². The van der Waals surface area contributed by atoms with Gasteiger partial charge in [-0.1, -0.05) is 86.1 Å². The van der Waals surface area contributed by atoms with E-state index in [4.69, 9.17) is 9.47 Å². The zero-order valence-electron chi connectivity index (χ0n) is 28.2. The van der Waals surface area contributed by atoms with Crippen molar-refractivity contribution < 1.29 is 33.8 Å². The zero-order valence-corrected chi connectivity index (χ0v) is 29.8. The number of rotatable bonds is 6. The third kappa shape index (κ3) is 6.68. The van der Waals surface area contributed by atoms with Gasteiger partial charge in [0.1, 0.15) is 24.4 Å². The number of halogens is 1. The van der Waals surface area contributed by atoms with E-state index in [0.717, 1.165) is 5.56 Å². The standard InChI is InChI=1S/C36H48BrN3O7/c1-7-23(19-41)40-30-33(45)39(35(5,6)21-34(2,3)4)17-13-9-12-16-26(42)46-20-25(22-14-10-8-11-15-22)38-31(43)27-28(32(40)44)36(30)18-24(37)29(27)47-36/h8-11,13-15,18,23,25,27-30,41H,7,12,16-17,19-21H2,1-6H3,(H,38,43)/b13-9-/t23-,25+,27+,28-,29+,30+,36-/m0/s1. The molecule has 4 aliphatic rings. The van der Waals surface area contributed by atoms with Crippen molar-refractivity contribution in [3.8, 4) is 0 Å². The Morgan fingerprint density at radius 3 is 2.40 bits per heavy atom. The van der Waals surface area contributed by atoms with Crippen LogP contribution >= 0.6 is 15.9 Å². The number of nitrogens with one attached hydrogen (secondary N) is 1. The Balaban J connectivity index is 1.65. The van der Waals surface area contributed by atoms with Crippen molar-refractivity contribution in [3.63, 3.8) is 0 Å². The van der Waals surface area contributed by atoms with Crippen molar-refractivity contribution in [1.29, 1.82) is 0 Å². The van der Waals surface area contributed by atoms with Gasteiger partial charge in [-0.15, -0.1) is 0 Å². The predicted molar refractivity (Wildman–Crippen MR) is 180 cm³/mol. The van der Waals surface area contributed by atoms with Gasteiger partial charge in [0.15, 0.2) is 0 Å². The van der Waals surface area contributed by atoms with E-state index < -0.39 is 65.0 Å². The van der Waals surface area contributed by atoms with E-state index in [1.54, 1.807) is 11.0 Å². The van der Waals surface area contributed by atoms with Gasteiger partial charge in [-0.25, -0.2) is 0 Å². The van der Waals surface area contributed by atoms with Crippen molar-refractivity contribution >= 4 is 39.6 Å². The van der Waals surface area contributed by atoms with Crippen molar-refractivity contribution in [2.75, 3.05) is 19.8 Å². The molecule has 10 nitrogen and oxygen atoms in total. The predicted octanol–water partition coefficient (Wildman–Crippen LogP) is 4.42. The summed E-state index contributed by atoms with van der Waals surface area (Å²) in [5.41, 5.74) is -1.46. The molecule has 0 aromatic heterocycles. The average molecular weight is 715 g/mol. The maximum absolute atomic E-state index is 15.1. The lowest BCUT2D eigenvalue weighted by molar-refractivity contribution is -0.154. The molecule has 4 heterocycles. The normalized spacial score (nSPS) is 31.7. The number of aliphatic hydroxyl groups excluding tert-OH is 1. The zero-order chi connectivity index (χ0) is 34.3. The van der Waals surface area contributed by atoms with Crippen LogP contribution in [0.3, 0.4) is 0 Å². The summed E-state index contributed by atoms with van der Waals surface area (Å²) in [6.07, 6.45) is 6.39. The van der Waals surface area contributed by atoms with Crippen LogP contribution in [-0.2, 0) is 28.7 Å². The number of aliphatic hydroxyl groups is 1. The first kappa shape index (κ1) is 35.3. The van der Waals surface area contributed by atoms with Crippen LogP contribution in [0.2, 0.25) is 0 Å². The molecule has 5 bridgehead atoms. The van der Waals surface area contributed by atoms with E-state index in [2.05, 4.69) is 42.0 Å². The van der Waals surface area contributed by atoms with Crippen LogP contribution in [-0.4, -0.2) is 87.7 Å². The molecular formula is C36H48BrN3O7. The first-order valence-corrected chi connectivity index (χ1v) is 17.4. The smallest absolute Gasteiger partial charge is 0.306 e. The Morgan fingerprint density at radius 1 is 1.06 bits per heavy atom. The molecule has 4 aliphatic heterocycles. The molecule has 5 rings (SSSR count). The summed E-state index contributed by atoms with van der Waals surface area (Å²) >= 11 is 3.62. The Kier molecular flexibility index (Phi) is 10.1. The highest BCUT2D eigenvalue weighted by Gasteiger charge is 2.75. The molecule has 7 atom stereocenters. The average Bonchev–Trinajstić information content (AvgIpc) is 3.59. The minimum Gasteiger partial charge on any atom is -0.463 e. The fourth-order valence-corrected chi connectivity index (χ4v) is 8.88. The van der Waals surface area contributed by atoms with E-state index in [-0.39, 0.29) is 37.5 Å². The van der Waals surface area contributed by atoms with E-state index in [1.165, 1.54) is 4.90 Å². The molecule has 2 saturated heterocycles. The number of carbonyl (C=O) groups excluding carboxylic acids is 4. The molecule has 256 valence electrons. The number of hydrogen-bond acceptors (Lipinski definition) is 7. The number of likely N-dealkylation sites (tertiary alicyclic amines) is 1. The molecule has 1 spiro atoms. The second-order valence-electron chi connectivity index (χ2n) is 15.0. The fourth-order valence-electron chi connectivity index (χ4n) is 8.14. The summed E-state index contributed by atoms with van der Waals surface area (Å²) < 4.78 is 12.9. The monoisotopic (exact) mass is 713 g/mol. The number of fused-ring (bicyclic) bond motifs is 2. The number of nitrogens with zero attached hydrogens (tertiary/aromatic N) is 2. The van der Waals surface area contributed by atoms with Gasteiger partial charge in [-0.2, -0.15) is 0 Å². The minimum atomic E-state index is -1.43. The third-order valence-corrected chi connectivity index (χ3v) is 10.5. The van der Waals surface area contributed by atoms with Crippen molar-refractivity contribution in [2.45, 2.75) is 103 Å². The highest BCUT2D eigenvalue weighted by Crippen LogP contribution is 2.59. The number of hydrogen-bond donors (Lipinski definition) is 2. The quantitative estimate of drug-likeness (QED) is 0.330. The Hall–Kier alpha value is -3.02. The summed E-state index contributed by atoms with van der Waals surface area (Å²) in [5.74, 6) is -3.51. The number of cyclic esters (lactones) is 1. The number of benzene rings is 1. The highest BCUT2D eigenvalue weighted by atomic mass is 79.9. The van der Waals surface area contributed by atoms with E-state index in [9.17, 15) is 19.5 Å². The molecule has 0 radical (unpaired) electrons. The van der Waals surface area contributed by atoms with Crippen LogP contribution in [0.15, 0.2) is 53.0 Å². The highest BCUT2D eigenvalue weighted by molar-refractivity contribution is 9.11. The van der Waals surface area contributed by atoms with Gasteiger partial charge in [0, 0.05) is 23.0 Å². The molecule has 0 saturated carbocycles. The summed E-state index contributed by atoms with van der Waals surface area (Å²) in [5, 5.41) is 13.6. The Labute approximate surface area is 286 Å². The van der Waals surface area contributed by atoms with Crippen molar-refractivity contribution in [2.24, 2.45) is 17.3 Å². The molecule has 11 heteroatoms. The lowest BCUT2D eigenvalue weighted by Gasteiger charge is -2.46. The van der Waals surface area contributed by atoms with Crippen LogP contribution < -0.4 is 5.32 Å². The topological polar surface area (TPSA) is 125 Å². The lowest BCUT2D eigenvalue weighted by Crippen LogP contribution is -2.62. The summed E-state index contributed by atoms with van der Waals surface area (Å²) in [6.45, 7) is 12.1.